The van der Waals surface area contributed by atoms with Gasteiger partial charge in [0, 0.05) is 50.1 Å². The Morgan fingerprint density at radius 2 is 1.02 bits per heavy atom. The molecule has 5 heteroatoms. The Morgan fingerprint density at radius 3 is 1.67 bits per heavy atom. The highest BCUT2D eigenvalue weighted by atomic mass is 16.3. The lowest BCUT2D eigenvalue weighted by atomic mass is 10.1. The van der Waals surface area contributed by atoms with Crippen molar-refractivity contribution in [1.29, 1.82) is 0 Å². The summed E-state index contributed by atoms with van der Waals surface area (Å²) in [6.45, 7) is 0. The van der Waals surface area contributed by atoms with Gasteiger partial charge in [0.2, 0.25) is 0 Å². The van der Waals surface area contributed by atoms with Crippen LogP contribution in [0.4, 0.5) is 17.1 Å². The molecule has 6 aromatic carbocycles. The first kappa shape index (κ1) is 25.0. The van der Waals surface area contributed by atoms with E-state index in [0.29, 0.717) is 0 Å². The Labute approximate surface area is 263 Å². The van der Waals surface area contributed by atoms with Crippen molar-refractivity contribution in [2.75, 3.05) is 4.90 Å². The third kappa shape index (κ3) is 3.72. The predicted molar refractivity (Wildman–Crippen MR) is 187 cm³/mol. The lowest BCUT2D eigenvalue weighted by molar-refractivity contribution is 0.668. The number of rotatable bonds is 4. The van der Waals surface area contributed by atoms with Gasteiger partial charge in [0.1, 0.15) is 33.7 Å². The molecule has 5 nitrogen and oxygen atoms in total. The second-order valence-electron chi connectivity index (χ2n) is 11.7. The van der Waals surface area contributed by atoms with E-state index in [9.17, 15) is 0 Å². The van der Waals surface area contributed by atoms with E-state index in [2.05, 4.69) is 126 Å². The summed E-state index contributed by atoms with van der Waals surface area (Å²) in [7, 11) is 0. The smallest absolute Gasteiger partial charge is 0.135 e. The highest BCUT2D eigenvalue weighted by Crippen LogP contribution is 2.46. The van der Waals surface area contributed by atoms with Crippen LogP contribution in [0.25, 0.3) is 71.4 Å². The van der Waals surface area contributed by atoms with Crippen LogP contribution in [0.5, 0.6) is 0 Å². The van der Waals surface area contributed by atoms with Crippen molar-refractivity contribution in [3.63, 3.8) is 0 Å². The average Bonchev–Trinajstić information content (AvgIpc) is 3.79. The first-order valence-corrected chi connectivity index (χ1v) is 15.4. The zero-order valence-electron chi connectivity index (χ0n) is 24.6. The molecule has 0 N–H and O–H groups in total. The van der Waals surface area contributed by atoms with E-state index in [0.717, 1.165) is 88.5 Å². The summed E-state index contributed by atoms with van der Waals surface area (Å²) in [5.74, 6) is 0. The SMILES string of the molecule is c1ccc(-c2nn3cc4ccccc4cc3c2N(c2ccc3oc4ccccc4c3c2)c2ccc3oc4ccccc4c3c2)cc1. The minimum atomic E-state index is 0.857. The number of hydrogen-bond donors (Lipinski definition) is 0. The number of furan rings is 2. The number of anilines is 3. The molecule has 4 aromatic heterocycles. The zero-order chi connectivity index (χ0) is 30.2. The van der Waals surface area contributed by atoms with E-state index in [1.807, 2.05) is 34.8 Å². The van der Waals surface area contributed by atoms with Crippen molar-refractivity contribution in [2.24, 2.45) is 0 Å². The van der Waals surface area contributed by atoms with E-state index in [1.165, 1.54) is 0 Å². The highest BCUT2D eigenvalue weighted by Gasteiger charge is 2.25. The minimum absolute atomic E-state index is 0.857. The van der Waals surface area contributed by atoms with Gasteiger partial charge in [-0.25, -0.2) is 4.52 Å². The van der Waals surface area contributed by atoms with Crippen LogP contribution in [-0.4, -0.2) is 9.61 Å². The molecular weight excluding hydrogens is 566 g/mol. The summed E-state index contributed by atoms with van der Waals surface area (Å²) in [6, 6.07) is 50.4. The standard InChI is InChI=1S/C41H25N3O2/c1-2-10-26(11-3-1)40-41(35-22-27-12-4-5-13-28(27)25-43(35)42-40)44(29-18-20-38-33(23-29)31-14-6-8-16-36(31)45-38)30-19-21-39-34(24-30)32-15-7-9-17-37(32)46-39/h1-25H. The topological polar surface area (TPSA) is 46.8 Å². The molecule has 0 saturated heterocycles. The van der Waals surface area contributed by atoms with Crippen molar-refractivity contribution in [3.8, 4) is 11.3 Å². The van der Waals surface area contributed by atoms with Gasteiger partial charge in [-0.3, -0.25) is 0 Å². The molecular formula is C41H25N3O2. The number of nitrogens with zero attached hydrogens (tertiary/aromatic N) is 3. The predicted octanol–water partition coefficient (Wildman–Crippen LogP) is 11.4. The lowest BCUT2D eigenvalue weighted by Crippen LogP contribution is -2.11. The molecule has 0 atom stereocenters. The Morgan fingerprint density at radius 1 is 0.478 bits per heavy atom. The third-order valence-electron chi connectivity index (χ3n) is 8.98. The third-order valence-corrected chi connectivity index (χ3v) is 8.98. The first-order chi connectivity index (χ1) is 22.8. The number of hydrogen-bond acceptors (Lipinski definition) is 4. The van der Waals surface area contributed by atoms with Crippen LogP contribution in [-0.2, 0) is 0 Å². The van der Waals surface area contributed by atoms with E-state index < -0.39 is 0 Å². The number of aromatic nitrogens is 2. The maximum atomic E-state index is 6.24. The van der Waals surface area contributed by atoms with E-state index in [4.69, 9.17) is 13.9 Å². The zero-order valence-corrected chi connectivity index (χ0v) is 24.6. The van der Waals surface area contributed by atoms with Gasteiger partial charge in [-0.15, -0.1) is 0 Å². The summed E-state index contributed by atoms with van der Waals surface area (Å²) in [4.78, 5) is 2.34. The van der Waals surface area contributed by atoms with Crippen LogP contribution in [0, 0.1) is 0 Å². The quantitative estimate of drug-likeness (QED) is 0.204. The summed E-state index contributed by atoms with van der Waals surface area (Å²) in [5, 5.41) is 11.8. The number of pyridine rings is 1. The second kappa shape index (κ2) is 9.58. The molecule has 10 aromatic rings. The van der Waals surface area contributed by atoms with Crippen molar-refractivity contribution in [2.45, 2.75) is 0 Å². The van der Waals surface area contributed by atoms with Gasteiger partial charge in [0.05, 0.1) is 5.52 Å². The van der Waals surface area contributed by atoms with E-state index >= 15 is 0 Å². The molecule has 0 amide bonds. The molecule has 4 heterocycles. The molecule has 0 bridgehead atoms. The van der Waals surface area contributed by atoms with Gasteiger partial charge in [-0.2, -0.15) is 5.10 Å². The Bertz CT molecular complexity index is 2660. The lowest BCUT2D eigenvalue weighted by Gasteiger charge is -2.26. The number of para-hydroxylation sites is 2. The van der Waals surface area contributed by atoms with Crippen LogP contribution in [0.1, 0.15) is 0 Å². The molecule has 0 aliphatic heterocycles. The van der Waals surface area contributed by atoms with Crippen molar-refractivity contribution in [3.05, 3.63) is 152 Å². The first-order valence-electron chi connectivity index (χ1n) is 15.4. The summed E-state index contributed by atoms with van der Waals surface area (Å²) < 4.78 is 14.5. The van der Waals surface area contributed by atoms with E-state index in [1.54, 1.807) is 0 Å². The van der Waals surface area contributed by atoms with Gasteiger partial charge in [0.25, 0.3) is 0 Å². The molecule has 0 aliphatic carbocycles. The largest absolute Gasteiger partial charge is 0.456 e. The van der Waals surface area contributed by atoms with E-state index in [-0.39, 0.29) is 0 Å². The van der Waals surface area contributed by atoms with Crippen molar-refractivity contribution in [1.82, 2.24) is 9.61 Å². The Hall–Kier alpha value is -6.33. The number of benzene rings is 6. The monoisotopic (exact) mass is 591 g/mol. The summed E-state index contributed by atoms with van der Waals surface area (Å²) in [5.41, 5.74) is 9.41. The van der Waals surface area contributed by atoms with Gasteiger partial charge in [-0.1, -0.05) is 91.0 Å². The molecule has 0 spiro atoms. The molecule has 0 aliphatic rings. The van der Waals surface area contributed by atoms with Gasteiger partial charge in [-0.05, 0) is 60.0 Å². The van der Waals surface area contributed by atoms with Crippen LogP contribution in [0.3, 0.4) is 0 Å². The molecule has 0 fully saturated rings. The fourth-order valence-electron chi connectivity index (χ4n) is 6.84. The fraction of sp³-hybridized carbons (Fsp3) is 0. The van der Waals surface area contributed by atoms with Crippen LogP contribution in [0.15, 0.2) is 161 Å². The second-order valence-corrected chi connectivity index (χ2v) is 11.7. The van der Waals surface area contributed by atoms with Crippen LogP contribution >= 0.6 is 0 Å². The van der Waals surface area contributed by atoms with Crippen LogP contribution < -0.4 is 4.90 Å². The maximum absolute atomic E-state index is 6.24. The van der Waals surface area contributed by atoms with Gasteiger partial charge in [0.15, 0.2) is 0 Å². The Balaban J connectivity index is 1.33. The van der Waals surface area contributed by atoms with Crippen molar-refractivity contribution < 1.29 is 8.83 Å². The summed E-state index contributed by atoms with van der Waals surface area (Å²) >= 11 is 0. The van der Waals surface area contributed by atoms with Gasteiger partial charge < -0.3 is 13.7 Å². The summed E-state index contributed by atoms with van der Waals surface area (Å²) in [6.07, 6.45) is 2.12. The molecule has 0 saturated carbocycles. The molecule has 0 radical (unpaired) electrons. The number of fused-ring (bicyclic) bond motifs is 8. The van der Waals surface area contributed by atoms with Gasteiger partial charge >= 0.3 is 0 Å². The molecule has 46 heavy (non-hydrogen) atoms. The molecule has 0 unspecified atom stereocenters. The van der Waals surface area contributed by atoms with Crippen LogP contribution in [0.2, 0.25) is 0 Å². The minimum Gasteiger partial charge on any atom is -0.456 e. The van der Waals surface area contributed by atoms with Crippen molar-refractivity contribution >= 4 is 77.2 Å². The molecule has 10 rings (SSSR count). The Kier molecular flexibility index (Phi) is 5.22. The average molecular weight is 592 g/mol. The molecule has 216 valence electrons. The normalized spacial score (nSPS) is 11.9. The highest BCUT2D eigenvalue weighted by molar-refractivity contribution is 6.10. The maximum Gasteiger partial charge on any atom is 0.135 e. The fourth-order valence-corrected chi connectivity index (χ4v) is 6.84.